The van der Waals surface area contributed by atoms with E-state index in [1.54, 1.807) is 5.56 Å². The van der Waals surface area contributed by atoms with Gasteiger partial charge in [0.1, 0.15) is 0 Å². The summed E-state index contributed by atoms with van der Waals surface area (Å²) in [6, 6.07) is 9.19. The average molecular weight is 215 g/mol. The summed E-state index contributed by atoms with van der Waals surface area (Å²) >= 11 is 0. The van der Waals surface area contributed by atoms with Gasteiger partial charge in [-0.1, -0.05) is 30.7 Å². The van der Waals surface area contributed by atoms with Crippen molar-refractivity contribution in [3.8, 4) is 0 Å². The molecule has 2 fully saturated rings. The molecule has 2 aliphatic rings. The minimum absolute atomic E-state index is 0.201. The highest BCUT2D eigenvalue weighted by molar-refractivity contribution is 5.28. The van der Waals surface area contributed by atoms with Gasteiger partial charge in [-0.05, 0) is 55.6 Å². The van der Waals surface area contributed by atoms with Gasteiger partial charge in [0.25, 0.3) is 0 Å². The Bertz CT molecular complexity index is 375. The molecule has 0 radical (unpaired) electrons. The first-order valence-electron chi connectivity index (χ1n) is 6.63. The molecule has 0 amide bonds. The molecule has 3 rings (SSSR count). The Labute approximate surface area is 98.0 Å². The van der Waals surface area contributed by atoms with Gasteiger partial charge in [0.2, 0.25) is 0 Å². The zero-order valence-electron chi connectivity index (χ0n) is 9.91. The van der Waals surface area contributed by atoms with Crippen LogP contribution in [-0.4, -0.2) is 5.54 Å². The third kappa shape index (κ3) is 2.15. The normalized spacial score (nSPS) is 22.8. The van der Waals surface area contributed by atoms with E-state index in [4.69, 9.17) is 5.73 Å². The number of nitrogens with two attached hydrogens (primary N) is 1. The standard InChI is InChI=1S/C15H21N/c16-15(9-10-15)8-7-12-3-1-6-14(11-12)13-4-2-5-13/h1,3,6,11,13H,2,4-5,7-10,16H2. The molecule has 1 nitrogen and oxygen atoms in total. The van der Waals surface area contributed by atoms with Crippen LogP contribution >= 0.6 is 0 Å². The fourth-order valence-corrected chi connectivity index (χ4v) is 2.55. The highest BCUT2D eigenvalue weighted by Crippen LogP contribution is 2.38. The highest BCUT2D eigenvalue weighted by Gasteiger charge is 2.37. The zero-order valence-corrected chi connectivity index (χ0v) is 9.91. The van der Waals surface area contributed by atoms with Crippen LogP contribution in [0.25, 0.3) is 0 Å². The predicted octanol–water partition coefficient (Wildman–Crippen LogP) is 3.38. The van der Waals surface area contributed by atoms with Crippen molar-refractivity contribution in [3.05, 3.63) is 35.4 Å². The molecular weight excluding hydrogens is 194 g/mol. The quantitative estimate of drug-likeness (QED) is 0.818. The fraction of sp³-hybridized carbons (Fsp3) is 0.600. The Balaban J connectivity index is 1.64. The molecule has 0 unspecified atom stereocenters. The molecule has 0 bridgehead atoms. The predicted molar refractivity (Wildman–Crippen MR) is 67.5 cm³/mol. The van der Waals surface area contributed by atoms with Crippen molar-refractivity contribution in [2.45, 2.75) is 56.4 Å². The second kappa shape index (κ2) is 3.89. The largest absolute Gasteiger partial charge is 0.325 e. The Hall–Kier alpha value is -0.820. The number of hydrogen-bond donors (Lipinski definition) is 1. The first kappa shape index (κ1) is 10.3. The fourth-order valence-electron chi connectivity index (χ4n) is 2.55. The summed E-state index contributed by atoms with van der Waals surface area (Å²) < 4.78 is 0. The van der Waals surface area contributed by atoms with Crippen LogP contribution in [0.1, 0.15) is 55.6 Å². The monoisotopic (exact) mass is 215 g/mol. The lowest BCUT2D eigenvalue weighted by Gasteiger charge is -2.26. The second-order valence-electron chi connectivity index (χ2n) is 5.74. The molecule has 0 aliphatic heterocycles. The van der Waals surface area contributed by atoms with Crippen molar-refractivity contribution < 1.29 is 0 Å². The Morgan fingerprint density at radius 3 is 2.69 bits per heavy atom. The van der Waals surface area contributed by atoms with Gasteiger partial charge in [-0.2, -0.15) is 0 Å². The molecule has 1 aromatic rings. The number of rotatable bonds is 4. The Morgan fingerprint density at radius 2 is 2.06 bits per heavy atom. The van der Waals surface area contributed by atoms with Crippen LogP contribution in [0.3, 0.4) is 0 Å². The van der Waals surface area contributed by atoms with E-state index in [1.165, 1.54) is 44.1 Å². The van der Waals surface area contributed by atoms with Crippen LogP contribution in [0.5, 0.6) is 0 Å². The van der Waals surface area contributed by atoms with Gasteiger partial charge >= 0.3 is 0 Å². The van der Waals surface area contributed by atoms with E-state index in [0.717, 1.165) is 12.3 Å². The van der Waals surface area contributed by atoms with Gasteiger partial charge in [0.05, 0.1) is 0 Å². The topological polar surface area (TPSA) is 26.0 Å². The molecule has 1 aromatic carbocycles. The maximum absolute atomic E-state index is 6.13. The molecule has 0 atom stereocenters. The molecular formula is C15H21N. The van der Waals surface area contributed by atoms with Gasteiger partial charge in [-0.25, -0.2) is 0 Å². The average Bonchev–Trinajstić information content (AvgIpc) is 2.93. The Kier molecular flexibility index (Phi) is 2.51. The minimum Gasteiger partial charge on any atom is -0.325 e. The molecule has 86 valence electrons. The van der Waals surface area contributed by atoms with Crippen LogP contribution in [0.2, 0.25) is 0 Å². The van der Waals surface area contributed by atoms with E-state index in [1.807, 2.05) is 0 Å². The summed E-state index contributed by atoms with van der Waals surface area (Å²) in [7, 11) is 0. The molecule has 2 saturated carbocycles. The van der Waals surface area contributed by atoms with Crippen LogP contribution in [0.15, 0.2) is 24.3 Å². The van der Waals surface area contributed by atoms with Crippen molar-refractivity contribution in [1.82, 2.24) is 0 Å². The maximum Gasteiger partial charge on any atom is 0.0158 e. The van der Waals surface area contributed by atoms with Gasteiger partial charge < -0.3 is 5.73 Å². The summed E-state index contributed by atoms with van der Waals surface area (Å²) in [5.74, 6) is 0.854. The van der Waals surface area contributed by atoms with E-state index in [-0.39, 0.29) is 5.54 Å². The first-order valence-corrected chi connectivity index (χ1v) is 6.63. The van der Waals surface area contributed by atoms with Crippen molar-refractivity contribution in [2.75, 3.05) is 0 Å². The van der Waals surface area contributed by atoms with Gasteiger partial charge in [0.15, 0.2) is 0 Å². The zero-order chi connectivity index (χ0) is 11.0. The molecule has 2 N–H and O–H groups in total. The first-order chi connectivity index (χ1) is 7.75. The number of hydrogen-bond acceptors (Lipinski definition) is 1. The molecule has 0 spiro atoms. The van der Waals surface area contributed by atoms with Gasteiger partial charge in [-0.15, -0.1) is 0 Å². The summed E-state index contributed by atoms with van der Waals surface area (Å²) in [6.07, 6.45) is 9.00. The summed E-state index contributed by atoms with van der Waals surface area (Å²) in [5.41, 5.74) is 9.38. The smallest absolute Gasteiger partial charge is 0.0158 e. The molecule has 1 heteroatoms. The van der Waals surface area contributed by atoms with E-state index in [9.17, 15) is 0 Å². The Morgan fingerprint density at radius 1 is 1.25 bits per heavy atom. The number of benzene rings is 1. The van der Waals surface area contributed by atoms with Crippen LogP contribution < -0.4 is 5.73 Å². The highest BCUT2D eigenvalue weighted by atomic mass is 14.8. The molecule has 2 aliphatic carbocycles. The van der Waals surface area contributed by atoms with Crippen LogP contribution in [0.4, 0.5) is 0 Å². The van der Waals surface area contributed by atoms with Crippen LogP contribution in [-0.2, 0) is 6.42 Å². The minimum atomic E-state index is 0.201. The van der Waals surface area contributed by atoms with Crippen LogP contribution in [0, 0.1) is 0 Å². The maximum atomic E-state index is 6.13. The van der Waals surface area contributed by atoms with Crippen molar-refractivity contribution in [3.63, 3.8) is 0 Å². The van der Waals surface area contributed by atoms with E-state index >= 15 is 0 Å². The summed E-state index contributed by atoms with van der Waals surface area (Å²) in [4.78, 5) is 0. The van der Waals surface area contributed by atoms with E-state index in [0.29, 0.717) is 0 Å². The lowest BCUT2D eigenvalue weighted by molar-refractivity contribution is 0.419. The number of aryl methyl sites for hydroxylation is 1. The third-order valence-corrected chi connectivity index (χ3v) is 4.33. The van der Waals surface area contributed by atoms with E-state index in [2.05, 4.69) is 24.3 Å². The summed E-state index contributed by atoms with van der Waals surface area (Å²) in [6.45, 7) is 0. The molecule has 0 heterocycles. The molecule has 16 heavy (non-hydrogen) atoms. The second-order valence-corrected chi connectivity index (χ2v) is 5.74. The third-order valence-electron chi connectivity index (χ3n) is 4.33. The SMILES string of the molecule is NC1(CCc2cccc(C3CCC3)c2)CC1. The van der Waals surface area contributed by atoms with Crippen molar-refractivity contribution in [1.29, 1.82) is 0 Å². The van der Waals surface area contributed by atoms with Crippen molar-refractivity contribution >= 4 is 0 Å². The lowest BCUT2D eigenvalue weighted by Crippen LogP contribution is -2.22. The lowest BCUT2D eigenvalue weighted by atomic mass is 9.79. The molecule has 0 aromatic heterocycles. The molecule has 0 saturated heterocycles. The van der Waals surface area contributed by atoms with E-state index < -0.39 is 0 Å². The van der Waals surface area contributed by atoms with Crippen molar-refractivity contribution in [2.24, 2.45) is 5.73 Å². The summed E-state index contributed by atoms with van der Waals surface area (Å²) in [5, 5.41) is 0. The van der Waals surface area contributed by atoms with Gasteiger partial charge in [0, 0.05) is 5.54 Å². The van der Waals surface area contributed by atoms with Gasteiger partial charge in [-0.3, -0.25) is 0 Å².